The van der Waals surface area contributed by atoms with Crippen molar-refractivity contribution in [2.75, 3.05) is 13.3 Å². The Balaban J connectivity index is 0.000000221. The van der Waals surface area contributed by atoms with Gasteiger partial charge in [0.2, 0.25) is 6.79 Å². The maximum atomic E-state index is 10.5. The molecule has 0 saturated carbocycles. The molecular formula is C20H21NO8. The van der Waals surface area contributed by atoms with Crippen molar-refractivity contribution in [1.82, 2.24) is 4.90 Å². The Labute approximate surface area is 166 Å². The number of benzene rings is 1. The zero-order valence-corrected chi connectivity index (χ0v) is 15.4. The lowest BCUT2D eigenvalue weighted by atomic mass is 9.73. The molecule has 5 rings (SSSR count). The third-order valence-corrected chi connectivity index (χ3v) is 5.64. The van der Waals surface area contributed by atoms with Gasteiger partial charge in [0.25, 0.3) is 0 Å². The van der Waals surface area contributed by atoms with Gasteiger partial charge in [0.15, 0.2) is 11.5 Å². The fourth-order valence-electron chi connectivity index (χ4n) is 4.49. The zero-order valence-electron chi connectivity index (χ0n) is 15.4. The second-order valence-electron chi connectivity index (χ2n) is 7.33. The average Bonchev–Trinajstić information content (AvgIpc) is 3.29. The summed E-state index contributed by atoms with van der Waals surface area (Å²) >= 11 is 0. The molecule has 154 valence electrons. The Kier molecular flexibility index (Phi) is 5.03. The lowest BCUT2D eigenvalue weighted by Gasteiger charge is -2.44. The number of ether oxygens (including phenoxy) is 2. The Morgan fingerprint density at radius 2 is 1.72 bits per heavy atom. The Bertz CT molecular complexity index is 892. The number of carbonyl (C=O) groups is 2. The van der Waals surface area contributed by atoms with E-state index < -0.39 is 24.1 Å². The van der Waals surface area contributed by atoms with E-state index in [0.717, 1.165) is 36.6 Å². The fraction of sp³-hybridized carbons (Fsp3) is 0.400. The van der Waals surface area contributed by atoms with E-state index in [-0.39, 0.29) is 18.8 Å². The first kappa shape index (κ1) is 19.4. The molecule has 0 unspecified atom stereocenters. The Morgan fingerprint density at radius 1 is 1.07 bits per heavy atom. The third-order valence-electron chi connectivity index (χ3n) is 5.64. The predicted octanol–water partition coefficient (Wildman–Crippen LogP) is 0.460. The SMILES string of the molecule is O=C(O)/C=C\C(=O)O.O[C@H]1[C@H]2c3cc4c(cc3CN3CCC(=C[C@@H]1O)[C@H]23)OCO4. The second kappa shape index (κ2) is 7.51. The van der Waals surface area contributed by atoms with Gasteiger partial charge in [0.1, 0.15) is 0 Å². The minimum absolute atomic E-state index is 0.0826. The van der Waals surface area contributed by atoms with Gasteiger partial charge in [-0.3, -0.25) is 4.90 Å². The van der Waals surface area contributed by atoms with Gasteiger partial charge < -0.3 is 29.9 Å². The number of carboxylic acid groups (broad SMARTS) is 2. The van der Waals surface area contributed by atoms with Crippen molar-refractivity contribution < 1.29 is 39.5 Å². The molecule has 9 nitrogen and oxygen atoms in total. The minimum atomic E-state index is -1.26. The van der Waals surface area contributed by atoms with Crippen LogP contribution < -0.4 is 9.47 Å². The van der Waals surface area contributed by atoms with E-state index in [4.69, 9.17) is 19.7 Å². The number of nitrogens with zero attached hydrogens (tertiary/aromatic N) is 1. The van der Waals surface area contributed by atoms with Gasteiger partial charge in [0.05, 0.1) is 12.2 Å². The van der Waals surface area contributed by atoms with E-state index >= 15 is 0 Å². The molecule has 0 spiro atoms. The normalized spacial score (nSPS) is 28.8. The van der Waals surface area contributed by atoms with Crippen LogP contribution in [0.3, 0.4) is 0 Å². The van der Waals surface area contributed by atoms with Crippen LogP contribution in [0.2, 0.25) is 0 Å². The molecule has 1 aliphatic carbocycles. The molecule has 0 bridgehead atoms. The molecule has 0 aromatic heterocycles. The van der Waals surface area contributed by atoms with E-state index in [1.165, 1.54) is 11.1 Å². The molecule has 4 N–H and O–H groups in total. The first-order valence-electron chi connectivity index (χ1n) is 9.22. The summed E-state index contributed by atoms with van der Waals surface area (Å²) in [5, 5.41) is 36.3. The molecule has 1 aromatic rings. The van der Waals surface area contributed by atoms with Crippen LogP contribution in [-0.4, -0.2) is 68.9 Å². The number of rotatable bonds is 2. The highest BCUT2D eigenvalue weighted by Gasteiger charge is 2.48. The summed E-state index contributed by atoms with van der Waals surface area (Å²) in [6.45, 7) is 2.11. The van der Waals surface area contributed by atoms with Crippen LogP contribution in [0.15, 0.2) is 35.9 Å². The van der Waals surface area contributed by atoms with Crippen LogP contribution in [-0.2, 0) is 16.1 Å². The van der Waals surface area contributed by atoms with Gasteiger partial charge in [-0.05, 0) is 29.7 Å². The molecule has 4 aliphatic rings. The molecule has 0 radical (unpaired) electrons. The van der Waals surface area contributed by atoms with Crippen molar-refractivity contribution in [2.45, 2.75) is 37.1 Å². The van der Waals surface area contributed by atoms with Gasteiger partial charge in [-0.15, -0.1) is 0 Å². The summed E-state index contributed by atoms with van der Waals surface area (Å²) in [6.07, 6.45) is 2.40. The summed E-state index contributed by atoms with van der Waals surface area (Å²) in [6, 6.07) is 4.25. The van der Waals surface area contributed by atoms with E-state index in [9.17, 15) is 19.8 Å². The molecule has 1 fully saturated rings. The standard InChI is InChI=1S/C16H17NO4.C4H4O4/c18-11-3-8-1-2-17-6-9-4-12-13(21-7-20-12)5-10(9)14(15(8)17)16(11)19;5-3(6)1-2-4(7)8/h3-5,11,14-16,18-19H,1-2,6-7H2;1-2H,(H,5,6)(H,7,8)/b;2-1-/t11-,14-,15+,16+;/m0./s1. The second-order valence-corrected chi connectivity index (χ2v) is 7.33. The topological polar surface area (TPSA) is 137 Å². The smallest absolute Gasteiger partial charge is 0.328 e. The van der Waals surface area contributed by atoms with Gasteiger partial charge in [-0.1, -0.05) is 11.6 Å². The highest BCUT2D eigenvalue weighted by atomic mass is 16.7. The highest BCUT2D eigenvalue weighted by Crippen LogP contribution is 2.49. The summed E-state index contributed by atoms with van der Waals surface area (Å²) in [5.74, 6) is -1.06. The van der Waals surface area contributed by atoms with E-state index in [2.05, 4.69) is 4.90 Å². The number of hydrogen-bond acceptors (Lipinski definition) is 7. The number of fused-ring (bicyclic) bond motifs is 3. The average molecular weight is 403 g/mol. The maximum absolute atomic E-state index is 10.5. The Morgan fingerprint density at radius 3 is 2.38 bits per heavy atom. The molecule has 0 amide bonds. The number of aliphatic hydroxyl groups excluding tert-OH is 2. The first-order chi connectivity index (χ1) is 13.8. The van der Waals surface area contributed by atoms with Crippen molar-refractivity contribution in [3.63, 3.8) is 0 Å². The van der Waals surface area contributed by atoms with Crippen molar-refractivity contribution in [3.05, 3.63) is 47.1 Å². The van der Waals surface area contributed by atoms with Crippen LogP contribution in [0, 0.1) is 0 Å². The quantitative estimate of drug-likeness (QED) is 0.410. The maximum Gasteiger partial charge on any atom is 0.328 e. The van der Waals surface area contributed by atoms with Crippen molar-refractivity contribution in [1.29, 1.82) is 0 Å². The molecule has 3 aliphatic heterocycles. The first-order valence-corrected chi connectivity index (χ1v) is 9.22. The molecule has 1 aromatic carbocycles. The number of aliphatic carboxylic acids is 2. The lowest BCUT2D eigenvalue weighted by Crippen LogP contribution is -2.49. The summed E-state index contributed by atoms with van der Waals surface area (Å²) < 4.78 is 10.9. The van der Waals surface area contributed by atoms with Crippen LogP contribution in [0.5, 0.6) is 11.5 Å². The van der Waals surface area contributed by atoms with Gasteiger partial charge >= 0.3 is 11.9 Å². The Hall–Kier alpha value is -2.88. The fourth-order valence-corrected chi connectivity index (χ4v) is 4.49. The molecular weight excluding hydrogens is 382 g/mol. The van der Waals surface area contributed by atoms with Crippen LogP contribution in [0.1, 0.15) is 23.5 Å². The molecule has 1 saturated heterocycles. The molecule has 9 heteroatoms. The van der Waals surface area contributed by atoms with Crippen molar-refractivity contribution in [2.24, 2.45) is 0 Å². The monoisotopic (exact) mass is 403 g/mol. The third kappa shape index (κ3) is 3.59. The van der Waals surface area contributed by atoms with Crippen molar-refractivity contribution in [3.8, 4) is 11.5 Å². The lowest BCUT2D eigenvalue weighted by molar-refractivity contribution is -0.134. The van der Waals surface area contributed by atoms with Crippen LogP contribution in [0.4, 0.5) is 0 Å². The summed E-state index contributed by atoms with van der Waals surface area (Å²) in [7, 11) is 0. The van der Waals surface area contributed by atoms with Crippen LogP contribution in [0.25, 0.3) is 0 Å². The summed E-state index contributed by atoms with van der Waals surface area (Å²) in [5.41, 5.74) is 3.54. The number of hydrogen-bond donors (Lipinski definition) is 4. The van der Waals surface area contributed by atoms with Crippen molar-refractivity contribution >= 4 is 11.9 Å². The number of aliphatic hydroxyl groups is 2. The minimum Gasteiger partial charge on any atom is -0.478 e. The largest absolute Gasteiger partial charge is 0.478 e. The van der Waals surface area contributed by atoms with E-state index in [1.54, 1.807) is 0 Å². The molecule has 4 atom stereocenters. The highest BCUT2D eigenvalue weighted by molar-refractivity contribution is 5.89. The van der Waals surface area contributed by atoms with Gasteiger partial charge in [0, 0.05) is 37.2 Å². The van der Waals surface area contributed by atoms with E-state index in [1.807, 2.05) is 18.2 Å². The zero-order chi connectivity index (χ0) is 20.7. The number of carboxylic acids is 2. The van der Waals surface area contributed by atoms with Gasteiger partial charge in [-0.2, -0.15) is 0 Å². The van der Waals surface area contributed by atoms with E-state index in [0.29, 0.717) is 12.2 Å². The van der Waals surface area contributed by atoms with Gasteiger partial charge in [-0.25, -0.2) is 9.59 Å². The summed E-state index contributed by atoms with van der Waals surface area (Å²) in [4.78, 5) is 21.5. The molecule has 29 heavy (non-hydrogen) atoms. The van der Waals surface area contributed by atoms with Crippen LogP contribution >= 0.6 is 0 Å². The predicted molar refractivity (Wildman–Crippen MR) is 98.6 cm³/mol. The molecule has 3 heterocycles.